The summed E-state index contributed by atoms with van der Waals surface area (Å²) >= 11 is 7.12. The Labute approximate surface area is 69.2 Å². The molecular formula is C6H9ClN2S. The summed E-state index contributed by atoms with van der Waals surface area (Å²) in [6.07, 6.45) is 1.65. The summed E-state index contributed by atoms with van der Waals surface area (Å²) in [5.74, 6) is 0. The number of thiazole rings is 1. The maximum atomic E-state index is 5.66. The van der Waals surface area contributed by atoms with Crippen molar-refractivity contribution < 1.29 is 0 Å². The number of nitrogens with one attached hydrogen (secondary N) is 1. The van der Waals surface area contributed by atoms with Gasteiger partial charge in [0.15, 0.2) is 5.13 Å². The van der Waals surface area contributed by atoms with Crippen molar-refractivity contribution in [1.82, 2.24) is 4.98 Å². The van der Waals surface area contributed by atoms with Crippen LogP contribution in [0.1, 0.15) is 13.8 Å². The Morgan fingerprint density at radius 3 is 2.80 bits per heavy atom. The summed E-state index contributed by atoms with van der Waals surface area (Å²) in [7, 11) is 0. The van der Waals surface area contributed by atoms with Crippen LogP contribution in [0.4, 0.5) is 5.13 Å². The smallest absolute Gasteiger partial charge is 0.184 e. The topological polar surface area (TPSA) is 24.9 Å². The Hall–Kier alpha value is -0.280. The van der Waals surface area contributed by atoms with Crippen LogP contribution in [-0.4, -0.2) is 11.0 Å². The van der Waals surface area contributed by atoms with Gasteiger partial charge in [-0.25, -0.2) is 4.98 Å². The third kappa shape index (κ3) is 2.15. The summed E-state index contributed by atoms with van der Waals surface area (Å²) in [6, 6.07) is 0.419. The quantitative estimate of drug-likeness (QED) is 0.750. The van der Waals surface area contributed by atoms with Crippen LogP contribution in [0.25, 0.3) is 0 Å². The van der Waals surface area contributed by atoms with Crippen molar-refractivity contribution in [2.24, 2.45) is 0 Å². The van der Waals surface area contributed by atoms with E-state index < -0.39 is 0 Å². The van der Waals surface area contributed by atoms with Gasteiger partial charge in [-0.1, -0.05) is 22.9 Å². The first-order valence-corrected chi connectivity index (χ1v) is 4.26. The molecule has 2 nitrogen and oxygen atoms in total. The third-order valence-corrected chi connectivity index (χ3v) is 1.94. The van der Waals surface area contributed by atoms with E-state index in [1.165, 1.54) is 11.3 Å². The van der Waals surface area contributed by atoms with Crippen molar-refractivity contribution >= 4 is 28.1 Å². The van der Waals surface area contributed by atoms with Gasteiger partial charge in [0.25, 0.3) is 0 Å². The molecule has 0 saturated heterocycles. The van der Waals surface area contributed by atoms with Gasteiger partial charge < -0.3 is 5.32 Å². The van der Waals surface area contributed by atoms with E-state index in [0.29, 0.717) is 6.04 Å². The molecule has 0 saturated carbocycles. The van der Waals surface area contributed by atoms with Crippen molar-refractivity contribution in [1.29, 1.82) is 0 Å². The lowest BCUT2D eigenvalue weighted by molar-refractivity contribution is 0.896. The molecule has 0 aromatic carbocycles. The lowest BCUT2D eigenvalue weighted by Gasteiger charge is -2.03. The number of hydrogen-bond acceptors (Lipinski definition) is 3. The van der Waals surface area contributed by atoms with Crippen molar-refractivity contribution in [3.05, 3.63) is 10.5 Å². The standard InChI is InChI=1S/C6H9ClN2S/c1-4(2)9-6-8-3-5(7)10-6/h3-4H,1-2H3,(H,8,9). The maximum Gasteiger partial charge on any atom is 0.184 e. The SMILES string of the molecule is CC(C)Nc1ncc(Cl)s1. The second-order valence-electron chi connectivity index (χ2n) is 2.27. The molecule has 0 aliphatic rings. The highest BCUT2D eigenvalue weighted by atomic mass is 35.5. The minimum Gasteiger partial charge on any atom is -0.359 e. The van der Waals surface area contributed by atoms with Gasteiger partial charge in [0.05, 0.1) is 6.20 Å². The third-order valence-electron chi connectivity index (χ3n) is 0.890. The second-order valence-corrected chi connectivity index (χ2v) is 3.93. The van der Waals surface area contributed by atoms with Gasteiger partial charge in [-0.15, -0.1) is 0 Å². The van der Waals surface area contributed by atoms with Gasteiger partial charge in [-0.05, 0) is 13.8 Å². The molecule has 1 heterocycles. The van der Waals surface area contributed by atoms with Gasteiger partial charge in [0.2, 0.25) is 0 Å². The largest absolute Gasteiger partial charge is 0.359 e. The Morgan fingerprint density at radius 2 is 2.40 bits per heavy atom. The highest BCUT2D eigenvalue weighted by Crippen LogP contribution is 2.22. The number of hydrogen-bond donors (Lipinski definition) is 1. The number of halogens is 1. The molecule has 1 aromatic rings. The summed E-state index contributed by atoms with van der Waals surface area (Å²) in [6.45, 7) is 4.13. The maximum absolute atomic E-state index is 5.66. The summed E-state index contributed by atoms with van der Waals surface area (Å²) in [5, 5.41) is 4.04. The zero-order valence-electron chi connectivity index (χ0n) is 5.89. The highest BCUT2D eigenvalue weighted by molar-refractivity contribution is 7.19. The lowest BCUT2D eigenvalue weighted by atomic mass is 10.4. The Kier molecular flexibility index (Phi) is 2.51. The van der Waals surface area contributed by atoms with Crippen LogP contribution >= 0.6 is 22.9 Å². The van der Waals surface area contributed by atoms with Gasteiger partial charge in [-0.2, -0.15) is 0 Å². The monoisotopic (exact) mass is 176 g/mol. The van der Waals surface area contributed by atoms with Crippen LogP contribution in [0.3, 0.4) is 0 Å². The minimum atomic E-state index is 0.419. The van der Waals surface area contributed by atoms with Gasteiger partial charge in [0.1, 0.15) is 4.34 Å². The molecule has 0 atom stereocenters. The Morgan fingerprint density at radius 1 is 1.70 bits per heavy atom. The molecule has 0 unspecified atom stereocenters. The van der Waals surface area contributed by atoms with E-state index in [1.807, 2.05) is 0 Å². The van der Waals surface area contributed by atoms with Crippen molar-refractivity contribution in [2.45, 2.75) is 19.9 Å². The molecule has 0 radical (unpaired) electrons. The Balaban J connectivity index is 2.58. The fourth-order valence-electron chi connectivity index (χ4n) is 0.568. The summed E-state index contributed by atoms with van der Waals surface area (Å²) in [5.41, 5.74) is 0. The number of nitrogens with zero attached hydrogens (tertiary/aromatic N) is 1. The Bertz CT molecular complexity index is 209. The van der Waals surface area contributed by atoms with Crippen LogP contribution in [0.15, 0.2) is 6.20 Å². The van der Waals surface area contributed by atoms with Gasteiger partial charge >= 0.3 is 0 Å². The van der Waals surface area contributed by atoms with Crippen molar-refractivity contribution in [3.8, 4) is 0 Å². The second kappa shape index (κ2) is 3.21. The molecule has 0 spiro atoms. The van der Waals surface area contributed by atoms with E-state index >= 15 is 0 Å². The fourth-order valence-corrected chi connectivity index (χ4v) is 1.53. The summed E-state index contributed by atoms with van der Waals surface area (Å²) in [4.78, 5) is 4.03. The molecular weight excluding hydrogens is 168 g/mol. The molecule has 10 heavy (non-hydrogen) atoms. The average molecular weight is 177 g/mol. The fraction of sp³-hybridized carbons (Fsp3) is 0.500. The predicted molar refractivity (Wildman–Crippen MR) is 45.9 cm³/mol. The molecule has 0 aliphatic carbocycles. The van der Waals surface area contributed by atoms with Crippen molar-refractivity contribution in [3.63, 3.8) is 0 Å². The van der Waals surface area contributed by atoms with Crippen LogP contribution in [0.2, 0.25) is 4.34 Å². The van der Waals surface area contributed by atoms with E-state index in [9.17, 15) is 0 Å². The molecule has 1 N–H and O–H groups in total. The predicted octanol–water partition coefficient (Wildman–Crippen LogP) is 2.62. The van der Waals surface area contributed by atoms with E-state index in [2.05, 4.69) is 24.1 Å². The number of anilines is 1. The molecule has 0 fully saturated rings. The number of rotatable bonds is 2. The molecule has 1 aromatic heterocycles. The highest BCUT2D eigenvalue weighted by Gasteiger charge is 1.99. The summed E-state index contributed by atoms with van der Waals surface area (Å²) < 4.78 is 0.725. The minimum absolute atomic E-state index is 0.419. The van der Waals surface area contributed by atoms with Crippen LogP contribution in [-0.2, 0) is 0 Å². The van der Waals surface area contributed by atoms with E-state index in [0.717, 1.165) is 9.47 Å². The van der Waals surface area contributed by atoms with Gasteiger partial charge in [0, 0.05) is 6.04 Å². The molecule has 0 amide bonds. The first-order valence-electron chi connectivity index (χ1n) is 3.06. The first kappa shape index (κ1) is 7.82. The lowest BCUT2D eigenvalue weighted by Crippen LogP contribution is -2.08. The molecule has 56 valence electrons. The van der Waals surface area contributed by atoms with Crippen LogP contribution < -0.4 is 5.32 Å². The average Bonchev–Trinajstić information content (AvgIpc) is 2.13. The molecule has 1 rings (SSSR count). The van der Waals surface area contributed by atoms with Gasteiger partial charge in [-0.3, -0.25) is 0 Å². The van der Waals surface area contributed by atoms with E-state index in [1.54, 1.807) is 6.20 Å². The zero-order valence-corrected chi connectivity index (χ0v) is 7.46. The normalized spacial score (nSPS) is 10.4. The van der Waals surface area contributed by atoms with Crippen LogP contribution in [0.5, 0.6) is 0 Å². The van der Waals surface area contributed by atoms with E-state index in [4.69, 9.17) is 11.6 Å². The zero-order chi connectivity index (χ0) is 7.56. The van der Waals surface area contributed by atoms with E-state index in [-0.39, 0.29) is 0 Å². The van der Waals surface area contributed by atoms with Crippen LogP contribution in [0, 0.1) is 0 Å². The molecule has 0 bridgehead atoms. The molecule has 0 aliphatic heterocycles. The first-order chi connectivity index (χ1) is 4.68. The van der Waals surface area contributed by atoms with Crippen molar-refractivity contribution in [2.75, 3.05) is 5.32 Å². The molecule has 4 heteroatoms. The number of aromatic nitrogens is 1.